The maximum Gasteiger partial charge on any atom is 0.335 e. The van der Waals surface area contributed by atoms with Crippen molar-refractivity contribution in [3.05, 3.63) is 0 Å². The second kappa shape index (κ2) is 4.68. The molecule has 0 amide bonds. The largest absolute Gasteiger partial charge is 0.481 e. The van der Waals surface area contributed by atoms with Crippen LogP contribution in [-0.4, -0.2) is 34.9 Å². The minimum absolute atomic E-state index is 0.222. The number of rotatable bonds is 2. The number of hydrogen-bond acceptors (Lipinski definition) is 3. The fourth-order valence-electron chi connectivity index (χ4n) is 0.191. The van der Waals surface area contributed by atoms with Gasteiger partial charge in [-0.25, -0.2) is 4.79 Å². The lowest BCUT2D eigenvalue weighted by Gasteiger charge is -1.72. The molecule has 0 unspecified atom stereocenters. The Morgan fingerprint density at radius 2 is 1.91 bits per heavy atom. The van der Waals surface area contributed by atoms with Crippen LogP contribution in [-0.2, 0) is 14.3 Å². The maximum absolute atomic E-state index is 9.64. The lowest BCUT2D eigenvalue weighted by atomic mass is 10.5. The lowest BCUT2D eigenvalue weighted by Crippen LogP contribution is -2.02. The van der Waals surface area contributed by atoms with Crippen LogP contribution in [0.1, 0.15) is 13.3 Å². The Balaban J connectivity index is 0.000000187. The molecule has 1 fully saturated rings. The minimum atomic E-state index is -0.852. The van der Waals surface area contributed by atoms with Gasteiger partial charge in [-0.1, -0.05) is 6.92 Å². The Labute approximate surface area is 63.6 Å². The molecule has 1 aliphatic heterocycles. The van der Waals surface area contributed by atoms with Crippen molar-refractivity contribution in [2.24, 2.45) is 0 Å². The maximum atomic E-state index is 9.64. The predicted molar refractivity (Wildman–Crippen MR) is 35.3 cm³/mol. The number of carboxylic acids is 2. The fourth-order valence-corrected chi connectivity index (χ4v) is 0.191. The van der Waals surface area contributed by atoms with Crippen molar-refractivity contribution in [3.8, 4) is 0 Å². The fraction of sp³-hybridized carbons (Fsp3) is 0.667. The van der Waals surface area contributed by atoms with Gasteiger partial charge in [-0.05, 0) is 0 Å². The number of aliphatic carboxylic acids is 2. The summed E-state index contributed by atoms with van der Waals surface area (Å²) in [6.07, 6.45) is -0.259. The molecule has 0 bridgehead atoms. The van der Waals surface area contributed by atoms with Crippen LogP contribution in [0, 0.1) is 0 Å². The normalized spacial score (nSPS) is 19.5. The summed E-state index contributed by atoms with van der Waals surface area (Å²) in [6, 6.07) is 0. The molecule has 0 aliphatic carbocycles. The SMILES string of the molecule is CCC(=O)O.O=C(O)[C@H]1CO1. The molecule has 1 saturated heterocycles. The van der Waals surface area contributed by atoms with E-state index >= 15 is 0 Å². The number of carboxylic acid groups (broad SMARTS) is 2. The smallest absolute Gasteiger partial charge is 0.335 e. The molecule has 0 radical (unpaired) electrons. The molecule has 1 atom stereocenters. The van der Waals surface area contributed by atoms with E-state index in [1.807, 2.05) is 0 Å². The first-order valence-electron chi connectivity index (χ1n) is 3.14. The van der Waals surface area contributed by atoms with Gasteiger partial charge in [-0.3, -0.25) is 4.79 Å². The highest BCUT2D eigenvalue weighted by Gasteiger charge is 2.30. The molecule has 0 aromatic heterocycles. The number of carbonyl (C=O) groups is 2. The first-order chi connectivity index (χ1) is 5.07. The molecule has 64 valence electrons. The van der Waals surface area contributed by atoms with Gasteiger partial charge < -0.3 is 14.9 Å². The highest BCUT2D eigenvalue weighted by molar-refractivity contribution is 5.74. The Morgan fingerprint density at radius 1 is 1.55 bits per heavy atom. The number of epoxide rings is 1. The Bertz CT molecular complexity index is 149. The van der Waals surface area contributed by atoms with E-state index in [9.17, 15) is 9.59 Å². The number of hydrogen-bond donors (Lipinski definition) is 2. The van der Waals surface area contributed by atoms with Gasteiger partial charge in [0.1, 0.15) is 0 Å². The standard InChI is InChI=1S/C3H4O3.C3H6O2/c4-3(5)2-1-6-2;1-2-3(4)5/h2H,1H2,(H,4,5);2H2,1H3,(H,4,5)/t2-;/m1./s1. The van der Waals surface area contributed by atoms with Crippen molar-refractivity contribution in [2.45, 2.75) is 19.4 Å². The van der Waals surface area contributed by atoms with Gasteiger partial charge in [0.25, 0.3) is 0 Å². The topological polar surface area (TPSA) is 87.1 Å². The molecule has 1 heterocycles. The van der Waals surface area contributed by atoms with Crippen molar-refractivity contribution < 1.29 is 24.5 Å². The van der Waals surface area contributed by atoms with Gasteiger partial charge in [0.05, 0.1) is 6.61 Å². The van der Waals surface area contributed by atoms with Gasteiger partial charge in [0, 0.05) is 6.42 Å². The van der Waals surface area contributed by atoms with E-state index in [-0.39, 0.29) is 6.42 Å². The molecule has 11 heavy (non-hydrogen) atoms. The molecular formula is C6H10O5. The molecule has 0 saturated carbocycles. The van der Waals surface area contributed by atoms with Crippen molar-refractivity contribution in [1.82, 2.24) is 0 Å². The second-order valence-electron chi connectivity index (χ2n) is 1.91. The zero-order chi connectivity index (χ0) is 8.85. The van der Waals surface area contributed by atoms with Gasteiger partial charge in [0.15, 0.2) is 6.10 Å². The zero-order valence-corrected chi connectivity index (χ0v) is 6.11. The lowest BCUT2D eigenvalue weighted by molar-refractivity contribution is -0.138. The third kappa shape index (κ3) is 6.79. The summed E-state index contributed by atoms with van der Waals surface area (Å²) < 4.78 is 4.37. The van der Waals surface area contributed by atoms with E-state index in [1.54, 1.807) is 6.92 Å². The zero-order valence-electron chi connectivity index (χ0n) is 6.11. The van der Waals surface area contributed by atoms with Crippen LogP contribution in [0.25, 0.3) is 0 Å². The summed E-state index contributed by atoms with van der Waals surface area (Å²) in [5.74, 6) is -1.60. The summed E-state index contributed by atoms with van der Waals surface area (Å²) in [5.41, 5.74) is 0. The molecule has 0 aromatic rings. The molecule has 5 nitrogen and oxygen atoms in total. The van der Waals surface area contributed by atoms with Crippen molar-refractivity contribution >= 4 is 11.9 Å². The first-order valence-corrected chi connectivity index (χ1v) is 3.14. The quantitative estimate of drug-likeness (QED) is 0.556. The van der Waals surface area contributed by atoms with Gasteiger partial charge in [-0.2, -0.15) is 0 Å². The van der Waals surface area contributed by atoms with E-state index in [4.69, 9.17) is 10.2 Å². The highest BCUT2D eigenvalue weighted by atomic mass is 16.6. The van der Waals surface area contributed by atoms with Crippen LogP contribution in [0.3, 0.4) is 0 Å². The third-order valence-corrected chi connectivity index (χ3v) is 0.911. The minimum Gasteiger partial charge on any atom is -0.481 e. The third-order valence-electron chi connectivity index (χ3n) is 0.911. The van der Waals surface area contributed by atoms with Crippen molar-refractivity contribution in [2.75, 3.05) is 6.61 Å². The number of ether oxygens (including phenoxy) is 1. The molecule has 0 spiro atoms. The summed E-state index contributed by atoms with van der Waals surface area (Å²) >= 11 is 0. The summed E-state index contributed by atoms with van der Waals surface area (Å²) in [7, 11) is 0. The molecule has 1 aliphatic rings. The molecule has 0 aromatic carbocycles. The van der Waals surface area contributed by atoms with E-state index in [0.29, 0.717) is 6.61 Å². The Hall–Kier alpha value is -1.10. The van der Waals surface area contributed by atoms with Crippen LogP contribution < -0.4 is 0 Å². The van der Waals surface area contributed by atoms with Gasteiger partial charge >= 0.3 is 11.9 Å². The average molecular weight is 162 g/mol. The summed E-state index contributed by atoms with van der Waals surface area (Å²) in [5, 5.41) is 15.7. The predicted octanol–water partition coefficient (Wildman–Crippen LogP) is -0.0492. The summed E-state index contributed by atoms with van der Waals surface area (Å²) in [4.78, 5) is 19.0. The first kappa shape index (κ1) is 9.90. The van der Waals surface area contributed by atoms with E-state index in [1.165, 1.54) is 0 Å². The van der Waals surface area contributed by atoms with Crippen LogP contribution >= 0.6 is 0 Å². The molecule has 1 rings (SSSR count). The van der Waals surface area contributed by atoms with Crippen molar-refractivity contribution in [3.63, 3.8) is 0 Å². The van der Waals surface area contributed by atoms with Crippen LogP contribution in [0.15, 0.2) is 0 Å². The van der Waals surface area contributed by atoms with Crippen LogP contribution in [0.2, 0.25) is 0 Å². The van der Waals surface area contributed by atoms with Crippen molar-refractivity contribution in [1.29, 1.82) is 0 Å². The van der Waals surface area contributed by atoms with Crippen LogP contribution in [0.5, 0.6) is 0 Å². The molecule has 2 N–H and O–H groups in total. The summed E-state index contributed by atoms with van der Waals surface area (Å²) in [6.45, 7) is 2.00. The van der Waals surface area contributed by atoms with Gasteiger partial charge in [0.2, 0.25) is 0 Å². The van der Waals surface area contributed by atoms with Crippen LogP contribution in [0.4, 0.5) is 0 Å². The monoisotopic (exact) mass is 162 g/mol. The van der Waals surface area contributed by atoms with Gasteiger partial charge in [-0.15, -0.1) is 0 Å². The second-order valence-corrected chi connectivity index (χ2v) is 1.91. The van der Waals surface area contributed by atoms with E-state index < -0.39 is 18.0 Å². The Morgan fingerprint density at radius 3 is 1.91 bits per heavy atom. The van der Waals surface area contributed by atoms with E-state index in [2.05, 4.69) is 4.74 Å². The molecular weight excluding hydrogens is 152 g/mol. The Kier molecular flexibility index (Phi) is 4.21. The highest BCUT2D eigenvalue weighted by Crippen LogP contribution is 2.06. The average Bonchev–Trinajstić information content (AvgIpc) is 2.69. The van der Waals surface area contributed by atoms with E-state index in [0.717, 1.165) is 0 Å². The molecule has 5 heteroatoms.